The van der Waals surface area contributed by atoms with Crippen LogP contribution >= 0.6 is 12.6 Å². The second-order valence-electron chi connectivity index (χ2n) is 6.42. The summed E-state index contributed by atoms with van der Waals surface area (Å²) in [6, 6.07) is 6.14. The van der Waals surface area contributed by atoms with E-state index in [1.54, 1.807) is 0 Å². The van der Waals surface area contributed by atoms with Crippen molar-refractivity contribution in [2.45, 2.75) is 59.4 Å². The number of thiol groups is 1. The molecule has 0 N–H and O–H groups in total. The molecule has 0 spiro atoms. The van der Waals surface area contributed by atoms with E-state index in [0.29, 0.717) is 5.17 Å². The lowest BCUT2D eigenvalue weighted by Gasteiger charge is -2.28. The Labute approximate surface area is 145 Å². The van der Waals surface area contributed by atoms with Crippen molar-refractivity contribution in [3.05, 3.63) is 29.3 Å². The quantitative estimate of drug-likeness (QED) is 0.466. The molecule has 0 atom stereocenters. The van der Waals surface area contributed by atoms with Crippen molar-refractivity contribution in [3.8, 4) is 0 Å². The van der Waals surface area contributed by atoms with E-state index in [1.807, 2.05) is 32.0 Å². The largest absolute Gasteiger partial charge is 0.452 e. The number of carbonyl (C=O) groups is 1. The molecule has 0 aliphatic carbocycles. The highest BCUT2D eigenvalue weighted by atomic mass is 32.1. The van der Waals surface area contributed by atoms with Gasteiger partial charge in [0.25, 0.3) is 0 Å². The third kappa shape index (κ3) is 4.74. The van der Waals surface area contributed by atoms with Gasteiger partial charge in [-0.25, -0.2) is 9.69 Å². The third-order valence-corrected chi connectivity index (χ3v) is 3.81. The number of amidine groups is 1. The average molecular weight is 337 g/mol. The number of benzene rings is 1. The Kier molecular flexibility index (Phi) is 7.13. The van der Waals surface area contributed by atoms with Crippen LogP contribution in [0.15, 0.2) is 23.2 Å². The first-order valence-corrected chi connectivity index (χ1v) is 8.43. The van der Waals surface area contributed by atoms with Gasteiger partial charge in [0.15, 0.2) is 5.17 Å². The van der Waals surface area contributed by atoms with Crippen molar-refractivity contribution >= 4 is 29.6 Å². The van der Waals surface area contributed by atoms with Crippen molar-refractivity contribution in [2.24, 2.45) is 4.99 Å². The molecule has 0 saturated carbocycles. The SMILES string of the molecule is COC(=O)N(/C(S)=N/C(C)C)c1c(C(C)C)cccc1C(C)C. The van der Waals surface area contributed by atoms with Crippen molar-refractivity contribution in [1.82, 2.24) is 0 Å². The maximum Gasteiger partial charge on any atom is 0.420 e. The predicted molar refractivity (Wildman–Crippen MR) is 101 cm³/mol. The Morgan fingerprint density at radius 1 is 1.09 bits per heavy atom. The fourth-order valence-corrected chi connectivity index (χ4v) is 2.84. The van der Waals surface area contributed by atoms with Crippen LogP contribution in [0.25, 0.3) is 0 Å². The Bertz CT molecular complexity index is 554. The molecular formula is C18H28N2O2S. The van der Waals surface area contributed by atoms with Crippen molar-refractivity contribution in [1.29, 1.82) is 0 Å². The van der Waals surface area contributed by atoms with Gasteiger partial charge in [-0.2, -0.15) is 0 Å². The number of aliphatic imine (C=N–C) groups is 1. The Morgan fingerprint density at radius 3 is 1.91 bits per heavy atom. The molecule has 0 heterocycles. The minimum atomic E-state index is -0.477. The fraction of sp³-hybridized carbons (Fsp3) is 0.556. The van der Waals surface area contributed by atoms with Crippen LogP contribution in [0.2, 0.25) is 0 Å². The van der Waals surface area contributed by atoms with Gasteiger partial charge in [0.2, 0.25) is 0 Å². The molecule has 0 fully saturated rings. The van der Waals surface area contributed by atoms with E-state index in [2.05, 4.69) is 45.3 Å². The molecule has 0 unspecified atom stereocenters. The normalized spacial score (nSPS) is 12.2. The zero-order chi connectivity index (χ0) is 17.7. The zero-order valence-electron chi connectivity index (χ0n) is 15.1. The van der Waals surface area contributed by atoms with E-state index in [0.717, 1.165) is 16.8 Å². The number of anilines is 1. The van der Waals surface area contributed by atoms with Gasteiger partial charge in [0.1, 0.15) is 0 Å². The lowest BCUT2D eigenvalue weighted by Crippen LogP contribution is -2.36. The maximum absolute atomic E-state index is 12.5. The molecule has 4 nitrogen and oxygen atoms in total. The van der Waals surface area contributed by atoms with Crippen molar-refractivity contribution in [2.75, 3.05) is 12.0 Å². The third-order valence-electron chi connectivity index (χ3n) is 3.50. The summed E-state index contributed by atoms with van der Waals surface area (Å²) >= 11 is 4.48. The molecule has 128 valence electrons. The fourth-order valence-electron chi connectivity index (χ4n) is 2.42. The van der Waals surface area contributed by atoms with E-state index in [-0.39, 0.29) is 17.9 Å². The molecule has 0 aliphatic rings. The van der Waals surface area contributed by atoms with Crippen LogP contribution in [-0.2, 0) is 4.74 Å². The summed E-state index contributed by atoms with van der Waals surface area (Å²) in [5.41, 5.74) is 2.98. The molecule has 1 rings (SSSR count). The van der Waals surface area contributed by atoms with Crippen LogP contribution in [0.4, 0.5) is 10.5 Å². The van der Waals surface area contributed by atoms with Gasteiger partial charge < -0.3 is 4.74 Å². The Morgan fingerprint density at radius 2 is 1.57 bits per heavy atom. The molecular weight excluding hydrogens is 308 g/mol. The van der Waals surface area contributed by atoms with Crippen molar-refractivity contribution < 1.29 is 9.53 Å². The number of methoxy groups -OCH3 is 1. The topological polar surface area (TPSA) is 41.9 Å². The molecule has 1 aromatic rings. The molecule has 0 saturated heterocycles. The van der Waals surface area contributed by atoms with Crippen LogP contribution in [-0.4, -0.2) is 24.4 Å². The molecule has 0 bridgehead atoms. The number of hydrogen-bond acceptors (Lipinski definition) is 3. The summed E-state index contributed by atoms with van der Waals surface area (Å²) in [6.07, 6.45) is -0.477. The molecule has 0 aromatic heterocycles. The van der Waals surface area contributed by atoms with Gasteiger partial charge in [-0.05, 0) is 36.8 Å². The smallest absolute Gasteiger partial charge is 0.420 e. The minimum absolute atomic E-state index is 0.0309. The average Bonchev–Trinajstić information content (AvgIpc) is 2.46. The number of para-hydroxylation sites is 1. The van der Waals surface area contributed by atoms with Crippen LogP contribution in [0, 0.1) is 0 Å². The minimum Gasteiger partial charge on any atom is -0.452 e. The van der Waals surface area contributed by atoms with E-state index in [9.17, 15) is 4.79 Å². The highest BCUT2D eigenvalue weighted by Gasteiger charge is 2.27. The lowest BCUT2D eigenvalue weighted by atomic mass is 9.92. The molecule has 1 amide bonds. The number of amides is 1. The second kappa shape index (κ2) is 8.39. The first kappa shape index (κ1) is 19.6. The molecule has 23 heavy (non-hydrogen) atoms. The molecule has 0 radical (unpaired) electrons. The van der Waals surface area contributed by atoms with Gasteiger partial charge in [-0.15, -0.1) is 12.6 Å². The first-order valence-electron chi connectivity index (χ1n) is 7.98. The van der Waals surface area contributed by atoms with Crippen LogP contribution in [0.3, 0.4) is 0 Å². The predicted octanol–water partition coefficient (Wildman–Crippen LogP) is 5.20. The van der Waals surface area contributed by atoms with Crippen LogP contribution in [0.5, 0.6) is 0 Å². The highest BCUT2D eigenvalue weighted by Crippen LogP contribution is 2.36. The standard InChI is InChI=1S/C18H28N2O2S/c1-11(2)14-9-8-10-15(12(3)4)16(14)20(18(21)22-7)17(23)19-13(5)6/h8-13H,1-7H3,(H,19,23). The second-order valence-corrected chi connectivity index (χ2v) is 6.82. The van der Waals surface area contributed by atoms with E-state index < -0.39 is 6.09 Å². The van der Waals surface area contributed by atoms with Crippen LogP contribution in [0.1, 0.15) is 64.5 Å². The van der Waals surface area contributed by atoms with Gasteiger partial charge in [-0.3, -0.25) is 4.99 Å². The number of ether oxygens (including phenoxy) is 1. The number of hydrogen-bond donors (Lipinski definition) is 1. The summed E-state index contributed by atoms with van der Waals surface area (Å²) < 4.78 is 5.00. The summed E-state index contributed by atoms with van der Waals surface area (Å²) in [4.78, 5) is 18.4. The summed E-state index contributed by atoms with van der Waals surface area (Å²) in [5.74, 6) is 0.520. The number of nitrogens with zero attached hydrogens (tertiary/aromatic N) is 2. The zero-order valence-corrected chi connectivity index (χ0v) is 16.0. The number of carbonyl (C=O) groups excluding carboxylic acids is 1. The molecule has 1 aromatic carbocycles. The van der Waals surface area contributed by atoms with E-state index in [1.165, 1.54) is 12.0 Å². The Balaban J connectivity index is 3.67. The Hall–Kier alpha value is -1.49. The van der Waals surface area contributed by atoms with Crippen molar-refractivity contribution in [3.63, 3.8) is 0 Å². The lowest BCUT2D eigenvalue weighted by molar-refractivity contribution is 0.182. The van der Waals surface area contributed by atoms with Gasteiger partial charge in [0, 0.05) is 6.04 Å². The summed E-state index contributed by atoms with van der Waals surface area (Å²) in [5, 5.41) is 0.349. The van der Waals surface area contributed by atoms with E-state index >= 15 is 0 Å². The van der Waals surface area contributed by atoms with Gasteiger partial charge >= 0.3 is 6.09 Å². The maximum atomic E-state index is 12.5. The van der Waals surface area contributed by atoms with Gasteiger partial charge in [-0.1, -0.05) is 45.9 Å². The van der Waals surface area contributed by atoms with Crippen LogP contribution < -0.4 is 4.90 Å². The molecule has 0 aliphatic heterocycles. The number of rotatable bonds is 4. The first-order chi connectivity index (χ1) is 10.7. The monoisotopic (exact) mass is 336 g/mol. The molecule has 5 heteroatoms. The van der Waals surface area contributed by atoms with Gasteiger partial charge in [0.05, 0.1) is 12.8 Å². The van der Waals surface area contributed by atoms with E-state index in [4.69, 9.17) is 4.74 Å². The summed E-state index contributed by atoms with van der Waals surface area (Å²) in [7, 11) is 1.37. The highest BCUT2D eigenvalue weighted by molar-refractivity contribution is 7.97. The summed E-state index contributed by atoms with van der Waals surface area (Å²) in [6.45, 7) is 12.3.